The summed E-state index contributed by atoms with van der Waals surface area (Å²) in [5, 5.41) is 4.47. The van der Waals surface area contributed by atoms with Crippen molar-refractivity contribution in [3.8, 4) is 0 Å². The van der Waals surface area contributed by atoms with Crippen LogP contribution in [0.5, 0.6) is 0 Å². The standard InChI is InChI=1S/C24H29N3O2/c1-3-27-23(16-18(2)25-27)24(28)26(17-22-10-7-15-29-22)21-13-11-20(12-14-21)19-8-5-4-6-9-19/h4-10,15-16,20-21H,3,11-14,17H2,1-2H3. The molecule has 0 aliphatic heterocycles. The highest BCUT2D eigenvalue weighted by molar-refractivity contribution is 5.93. The monoisotopic (exact) mass is 391 g/mol. The van der Waals surface area contributed by atoms with Crippen LogP contribution in [0, 0.1) is 6.92 Å². The highest BCUT2D eigenvalue weighted by Crippen LogP contribution is 2.35. The molecule has 0 spiro atoms. The molecular formula is C24H29N3O2. The second kappa shape index (κ2) is 8.68. The van der Waals surface area contributed by atoms with E-state index in [2.05, 4.69) is 35.4 Å². The molecule has 0 unspecified atom stereocenters. The lowest BCUT2D eigenvalue weighted by Gasteiger charge is -2.36. The van der Waals surface area contributed by atoms with Crippen molar-refractivity contribution in [2.24, 2.45) is 0 Å². The van der Waals surface area contributed by atoms with Crippen LogP contribution >= 0.6 is 0 Å². The fourth-order valence-corrected chi connectivity index (χ4v) is 4.49. The van der Waals surface area contributed by atoms with Gasteiger partial charge in [0, 0.05) is 12.6 Å². The van der Waals surface area contributed by atoms with Gasteiger partial charge in [0.15, 0.2) is 0 Å². The first-order valence-corrected chi connectivity index (χ1v) is 10.6. The van der Waals surface area contributed by atoms with Crippen LogP contribution in [-0.2, 0) is 13.1 Å². The summed E-state index contributed by atoms with van der Waals surface area (Å²) in [5.41, 5.74) is 2.96. The van der Waals surface area contributed by atoms with Gasteiger partial charge in [-0.15, -0.1) is 0 Å². The van der Waals surface area contributed by atoms with Crippen molar-refractivity contribution in [3.63, 3.8) is 0 Å². The summed E-state index contributed by atoms with van der Waals surface area (Å²) >= 11 is 0. The van der Waals surface area contributed by atoms with E-state index in [9.17, 15) is 4.79 Å². The molecule has 2 aromatic heterocycles. The number of hydrogen-bond donors (Lipinski definition) is 0. The molecule has 1 aromatic carbocycles. The molecule has 1 amide bonds. The van der Waals surface area contributed by atoms with E-state index >= 15 is 0 Å². The van der Waals surface area contributed by atoms with Crippen LogP contribution in [0.3, 0.4) is 0 Å². The van der Waals surface area contributed by atoms with E-state index in [0.717, 1.165) is 37.1 Å². The summed E-state index contributed by atoms with van der Waals surface area (Å²) in [6.45, 7) is 5.14. The summed E-state index contributed by atoms with van der Waals surface area (Å²) in [6, 6.07) is 16.7. The minimum absolute atomic E-state index is 0.0482. The Hall–Kier alpha value is -2.82. The van der Waals surface area contributed by atoms with E-state index in [-0.39, 0.29) is 11.9 Å². The van der Waals surface area contributed by atoms with Crippen molar-refractivity contribution < 1.29 is 9.21 Å². The minimum Gasteiger partial charge on any atom is -0.467 e. The van der Waals surface area contributed by atoms with E-state index < -0.39 is 0 Å². The molecule has 1 saturated carbocycles. The Bertz CT molecular complexity index is 922. The molecule has 1 aliphatic rings. The average Bonchev–Trinajstić information content (AvgIpc) is 3.41. The predicted octanol–water partition coefficient (Wildman–Crippen LogP) is 5.17. The van der Waals surface area contributed by atoms with Crippen LogP contribution in [0.25, 0.3) is 0 Å². The molecule has 3 aromatic rings. The number of amides is 1. The molecule has 5 heteroatoms. The zero-order valence-corrected chi connectivity index (χ0v) is 17.3. The van der Waals surface area contributed by atoms with Crippen LogP contribution < -0.4 is 0 Å². The quantitative estimate of drug-likeness (QED) is 0.582. The SMILES string of the molecule is CCn1nc(C)cc1C(=O)N(Cc1ccco1)C1CCC(c2ccccc2)CC1. The third kappa shape index (κ3) is 4.29. The molecule has 0 N–H and O–H groups in total. The van der Waals surface area contributed by atoms with Crippen LogP contribution in [0.2, 0.25) is 0 Å². The number of carbonyl (C=O) groups is 1. The summed E-state index contributed by atoms with van der Waals surface area (Å²) in [6.07, 6.45) is 5.88. The number of aryl methyl sites for hydroxylation is 2. The highest BCUT2D eigenvalue weighted by atomic mass is 16.3. The van der Waals surface area contributed by atoms with E-state index in [4.69, 9.17) is 4.42 Å². The van der Waals surface area contributed by atoms with Gasteiger partial charge >= 0.3 is 0 Å². The molecule has 0 atom stereocenters. The third-order valence-corrected chi connectivity index (χ3v) is 6.00. The lowest BCUT2D eigenvalue weighted by Crippen LogP contribution is -2.42. The highest BCUT2D eigenvalue weighted by Gasteiger charge is 2.32. The molecule has 4 rings (SSSR count). The van der Waals surface area contributed by atoms with E-state index in [1.807, 2.05) is 41.6 Å². The van der Waals surface area contributed by atoms with Gasteiger partial charge in [-0.3, -0.25) is 9.48 Å². The predicted molar refractivity (Wildman–Crippen MR) is 113 cm³/mol. The van der Waals surface area contributed by atoms with Gasteiger partial charge in [-0.1, -0.05) is 30.3 Å². The maximum Gasteiger partial charge on any atom is 0.272 e. The van der Waals surface area contributed by atoms with Crippen LogP contribution in [0.1, 0.15) is 66.0 Å². The molecule has 0 radical (unpaired) electrons. The topological polar surface area (TPSA) is 51.3 Å². The Morgan fingerprint density at radius 2 is 1.90 bits per heavy atom. The lowest BCUT2D eigenvalue weighted by molar-refractivity contribution is 0.0575. The van der Waals surface area contributed by atoms with E-state index in [1.54, 1.807) is 6.26 Å². The Labute approximate surface area is 172 Å². The van der Waals surface area contributed by atoms with Crippen molar-refractivity contribution in [2.45, 2.75) is 64.6 Å². The van der Waals surface area contributed by atoms with Gasteiger partial charge in [-0.05, 0) is 69.2 Å². The molecule has 1 fully saturated rings. The van der Waals surface area contributed by atoms with E-state index in [0.29, 0.717) is 24.7 Å². The zero-order valence-electron chi connectivity index (χ0n) is 17.3. The van der Waals surface area contributed by atoms with Crippen LogP contribution in [0.4, 0.5) is 0 Å². The molecule has 152 valence electrons. The van der Waals surface area contributed by atoms with Crippen LogP contribution in [0.15, 0.2) is 59.2 Å². The number of carbonyl (C=O) groups excluding carboxylic acids is 1. The molecular weight excluding hydrogens is 362 g/mol. The average molecular weight is 392 g/mol. The molecule has 1 aliphatic carbocycles. The fourth-order valence-electron chi connectivity index (χ4n) is 4.49. The number of furan rings is 1. The van der Waals surface area contributed by atoms with Gasteiger partial charge in [0.2, 0.25) is 0 Å². The smallest absolute Gasteiger partial charge is 0.272 e. The largest absolute Gasteiger partial charge is 0.467 e. The molecule has 29 heavy (non-hydrogen) atoms. The summed E-state index contributed by atoms with van der Waals surface area (Å²) in [4.78, 5) is 15.5. The number of hydrogen-bond acceptors (Lipinski definition) is 3. The minimum atomic E-state index is 0.0482. The van der Waals surface area contributed by atoms with Crippen molar-refractivity contribution in [1.82, 2.24) is 14.7 Å². The first-order valence-electron chi connectivity index (χ1n) is 10.6. The summed E-state index contributed by atoms with van der Waals surface area (Å²) in [5.74, 6) is 1.45. The van der Waals surface area contributed by atoms with Gasteiger partial charge in [0.1, 0.15) is 11.5 Å². The van der Waals surface area contributed by atoms with Crippen molar-refractivity contribution in [2.75, 3.05) is 0 Å². The lowest BCUT2D eigenvalue weighted by atomic mass is 9.81. The number of rotatable bonds is 6. The first-order chi connectivity index (χ1) is 14.2. The Morgan fingerprint density at radius 3 is 2.55 bits per heavy atom. The molecule has 0 saturated heterocycles. The van der Waals surface area contributed by atoms with Crippen molar-refractivity contribution >= 4 is 5.91 Å². The van der Waals surface area contributed by atoms with Gasteiger partial charge in [-0.2, -0.15) is 5.10 Å². The fraction of sp³-hybridized carbons (Fsp3) is 0.417. The first kappa shape index (κ1) is 19.5. The number of aromatic nitrogens is 2. The van der Waals surface area contributed by atoms with E-state index in [1.165, 1.54) is 5.56 Å². The maximum absolute atomic E-state index is 13.5. The normalized spacial score (nSPS) is 19.2. The van der Waals surface area contributed by atoms with Gasteiger partial charge in [0.25, 0.3) is 5.91 Å². The second-order valence-electron chi connectivity index (χ2n) is 7.92. The number of nitrogens with zero attached hydrogens (tertiary/aromatic N) is 3. The summed E-state index contributed by atoms with van der Waals surface area (Å²) < 4.78 is 7.38. The van der Waals surface area contributed by atoms with Crippen LogP contribution in [-0.4, -0.2) is 26.6 Å². The third-order valence-electron chi connectivity index (χ3n) is 6.00. The number of benzene rings is 1. The Kier molecular flexibility index (Phi) is 5.84. The van der Waals surface area contributed by atoms with Gasteiger partial charge in [0.05, 0.1) is 18.5 Å². The second-order valence-corrected chi connectivity index (χ2v) is 7.92. The zero-order chi connectivity index (χ0) is 20.2. The Morgan fingerprint density at radius 1 is 1.14 bits per heavy atom. The molecule has 5 nitrogen and oxygen atoms in total. The van der Waals surface area contributed by atoms with Gasteiger partial charge in [-0.25, -0.2) is 0 Å². The Balaban J connectivity index is 1.54. The van der Waals surface area contributed by atoms with Crippen molar-refractivity contribution in [3.05, 3.63) is 77.5 Å². The maximum atomic E-state index is 13.5. The molecule has 0 bridgehead atoms. The van der Waals surface area contributed by atoms with Crippen molar-refractivity contribution in [1.29, 1.82) is 0 Å². The summed E-state index contributed by atoms with van der Waals surface area (Å²) in [7, 11) is 0. The molecule has 2 heterocycles. The van der Waals surface area contributed by atoms with Gasteiger partial charge < -0.3 is 9.32 Å².